The van der Waals surface area contributed by atoms with E-state index in [1.807, 2.05) is 36.5 Å². The molecule has 198 valence electrons. The molecule has 6 nitrogen and oxygen atoms in total. The molecule has 0 saturated carbocycles. The lowest BCUT2D eigenvalue weighted by atomic mass is 10.1. The molecule has 2 amide bonds. The van der Waals surface area contributed by atoms with Crippen LogP contribution in [0.3, 0.4) is 0 Å². The van der Waals surface area contributed by atoms with Crippen molar-refractivity contribution >= 4 is 11.8 Å². The number of halogens is 1. The summed E-state index contributed by atoms with van der Waals surface area (Å²) in [5.74, 6) is -0.212. The topological polar surface area (TPSA) is 54.8 Å². The highest BCUT2D eigenvalue weighted by molar-refractivity contribution is 5.86. The van der Waals surface area contributed by atoms with Gasteiger partial charge in [-0.15, -0.1) is 0 Å². The zero-order valence-corrected chi connectivity index (χ0v) is 22.1. The van der Waals surface area contributed by atoms with E-state index in [-0.39, 0.29) is 30.6 Å². The molecule has 0 aliphatic carbocycles. The number of amides is 2. The Morgan fingerprint density at radius 3 is 2.30 bits per heavy atom. The van der Waals surface area contributed by atoms with Crippen LogP contribution >= 0.6 is 0 Å². The van der Waals surface area contributed by atoms with Crippen LogP contribution in [0.5, 0.6) is 0 Å². The highest BCUT2D eigenvalue weighted by atomic mass is 19.1. The third-order valence-corrected chi connectivity index (χ3v) is 6.31. The second-order valence-corrected chi connectivity index (χ2v) is 9.72. The highest BCUT2D eigenvalue weighted by Gasteiger charge is 2.22. The largest absolute Gasteiger partial charge is 0.383 e. The van der Waals surface area contributed by atoms with Gasteiger partial charge in [0.05, 0.1) is 26.1 Å². The van der Waals surface area contributed by atoms with E-state index in [9.17, 15) is 14.0 Å². The molecule has 0 saturated heterocycles. The first-order valence-corrected chi connectivity index (χ1v) is 12.8. The van der Waals surface area contributed by atoms with Crippen LogP contribution in [-0.4, -0.2) is 59.5 Å². The molecule has 1 heterocycles. The average Bonchev–Trinajstić information content (AvgIpc) is 3.32. The van der Waals surface area contributed by atoms with Crippen molar-refractivity contribution in [2.24, 2.45) is 5.92 Å². The summed E-state index contributed by atoms with van der Waals surface area (Å²) in [5.41, 5.74) is 2.92. The molecule has 0 unspecified atom stereocenters. The van der Waals surface area contributed by atoms with Gasteiger partial charge >= 0.3 is 0 Å². The van der Waals surface area contributed by atoms with Crippen molar-refractivity contribution in [3.05, 3.63) is 95.6 Å². The first kappa shape index (κ1) is 28.1. The van der Waals surface area contributed by atoms with Gasteiger partial charge in [0.15, 0.2) is 0 Å². The summed E-state index contributed by atoms with van der Waals surface area (Å²) in [6, 6.07) is 20.1. The number of aromatic nitrogens is 1. The second kappa shape index (κ2) is 14.3. The monoisotopic (exact) mass is 507 g/mol. The van der Waals surface area contributed by atoms with Crippen LogP contribution in [0, 0.1) is 11.7 Å². The van der Waals surface area contributed by atoms with Crippen LogP contribution in [0.15, 0.2) is 72.9 Å². The molecular weight excluding hydrogens is 469 g/mol. The number of nitrogens with zero attached hydrogens (tertiary/aromatic N) is 3. The average molecular weight is 508 g/mol. The van der Waals surface area contributed by atoms with Gasteiger partial charge in [0.25, 0.3) is 0 Å². The first-order chi connectivity index (χ1) is 17.9. The normalized spacial score (nSPS) is 11.1. The minimum atomic E-state index is -0.339. The van der Waals surface area contributed by atoms with Crippen molar-refractivity contribution in [3.8, 4) is 0 Å². The molecule has 0 radical (unpaired) electrons. The van der Waals surface area contributed by atoms with E-state index in [0.717, 1.165) is 17.7 Å². The maximum atomic E-state index is 13.5. The van der Waals surface area contributed by atoms with Crippen LogP contribution in [0.4, 0.5) is 4.39 Å². The fourth-order valence-corrected chi connectivity index (χ4v) is 4.07. The van der Waals surface area contributed by atoms with Crippen molar-refractivity contribution in [2.75, 3.05) is 33.4 Å². The van der Waals surface area contributed by atoms with Gasteiger partial charge < -0.3 is 19.1 Å². The number of carbonyl (C=O) groups is 2. The summed E-state index contributed by atoms with van der Waals surface area (Å²) in [7, 11) is 1.61. The molecule has 37 heavy (non-hydrogen) atoms. The van der Waals surface area contributed by atoms with Gasteiger partial charge in [0.1, 0.15) is 5.82 Å². The smallest absolute Gasteiger partial charge is 0.242 e. The SMILES string of the molecule is COCCN(Cc1cccn1Cc1ccccc1)C(=O)CN(CCC(C)C)C(=O)Cc1ccc(F)cc1. The quantitative estimate of drug-likeness (QED) is 0.316. The summed E-state index contributed by atoms with van der Waals surface area (Å²) in [6.07, 6.45) is 2.94. The molecule has 7 heteroatoms. The van der Waals surface area contributed by atoms with E-state index in [4.69, 9.17) is 4.74 Å². The van der Waals surface area contributed by atoms with E-state index < -0.39 is 0 Å². The number of hydrogen-bond donors (Lipinski definition) is 0. The van der Waals surface area contributed by atoms with Crippen molar-refractivity contribution in [1.82, 2.24) is 14.4 Å². The van der Waals surface area contributed by atoms with Gasteiger partial charge in [-0.05, 0) is 47.7 Å². The lowest BCUT2D eigenvalue weighted by molar-refractivity contribution is -0.141. The zero-order valence-electron chi connectivity index (χ0n) is 22.1. The summed E-state index contributed by atoms with van der Waals surface area (Å²) in [4.78, 5) is 30.1. The van der Waals surface area contributed by atoms with Gasteiger partial charge in [0.2, 0.25) is 11.8 Å². The van der Waals surface area contributed by atoms with E-state index in [1.165, 1.54) is 17.7 Å². The Bertz CT molecular complexity index is 1110. The molecule has 0 bridgehead atoms. The number of methoxy groups -OCH3 is 1. The van der Waals surface area contributed by atoms with Gasteiger partial charge in [-0.1, -0.05) is 56.3 Å². The number of hydrogen-bond acceptors (Lipinski definition) is 3. The lowest BCUT2D eigenvalue weighted by Crippen LogP contribution is -2.45. The molecule has 0 atom stereocenters. The van der Waals surface area contributed by atoms with Crippen LogP contribution < -0.4 is 0 Å². The van der Waals surface area contributed by atoms with Crippen LogP contribution in [0.2, 0.25) is 0 Å². The minimum Gasteiger partial charge on any atom is -0.383 e. The van der Waals surface area contributed by atoms with Crippen molar-refractivity contribution < 1.29 is 18.7 Å². The van der Waals surface area contributed by atoms with Crippen LogP contribution in [0.25, 0.3) is 0 Å². The Morgan fingerprint density at radius 1 is 0.892 bits per heavy atom. The second-order valence-electron chi connectivity index (χ2n) is 9.72. The summed E-state index contributed by atoms with van der Waals surface area (Å²) in [5, 5.41) is 0. The standard InChI is InChI=1S/C30H38FN3O3/c1-24(2)15-17-33(29(35)20-25-11-13-27(31)14-12-25)23-30(36)34(18-19-37-3)22-28-10-7-16-32(28)21-26-8-5-4-6-9-26/h4-14,16,24H,15,17-23H2,1-3H3. The Morgan fingerprint density at radius 2 is 1.62 bits per heavy atom. The molecule has 0 aliphatic heterocycles. The maximum absolute atomic E-state index is 13.5. The summed E-state index contributed by atoms with van der Waals surface area (Å²) >= 11 is 0. The molecule has 0 aliphatic rings. The number of ether oxygens (including phenoxy) is 1. The Hall–Kier alpha value is -3.45. The van der Waals surface area contributed by atoms with Gasteiger partial charge in [-0.2, -0.15) is 0 Å². The highest BCUT2D eigenvalue weighted by Crippen LogP contribution is 2.13. The predicted octanol–water partition coefficient (Wildman–Crippen LogP) is 4.77. The fourth-order valence-electron chi connectivity index (χ4n) is 4.07. The number of carbonyl (C=O) groups excluding carboxylic acids is 2. The fraction of sp³-hybridized carbons (Fsp3) is 0.400. The third kappa shape index (κ3) is 9.17. The molecular formula is C30H38FN3O3. The molecule has 0 spiro atoms. The molecule has 2 aromatic carbocycles. The molecule has 3 aromatic rings. The summed E-state index contributed by atoms with van der Waals surface area (Å²) < 4.78 is 20.7. The minimum absolute atomic E-state index is 0.00411. The Labute approximate surface area is 219 Å². The van der Waals surface area contributed by atoms with E-state index >= 15 is 0 Å². The van der Waals surface area contributed by atoms with Crippen molar-refractivity contribution in [1.29, 1.82) is 0 Å². The van der Waals surface area contributed by atoms with Crippen LogP contribution in [-0.2, 0) is 33.8 Å². The summed E-state index contributed by atoms with van der Waals surface area (Å²) in [6.45, 7) is 6.64. The lowest BCUT2D eigenvalue weighted by Gasteiger charge is -2.28. The van der Waals surface area contributed by atoms with Gasteiger partial charge in [0, 0.05) is 38.6 Å². The maximum Gasteiger partial charge on any atom is 0.242 e. The van der Waals surface area contributed by atoms with Gasteiger partial charge in [-0.3, -0.25) is 9.59 Å². The molecule has 1 aromatic heterocycles. The molecule has 3 rings (SSSR count). The third-order valence-electron chi connectivity index (χ3n) is 6.31. The molecule has 0 fully saturated rings. The van der Waals surface area contributed by atoms with Crippen molar-refractivity contribution in [3.63, 3.8) is 0 Å². The number of benzene rings is 2. The number of rotatable bonds is 14. The van der Waals surface area contributed by atoms with E-state index in [1.54, 1.807) is 29.0 Å². The van der Waals surface area contributed by atoms with E-state index in [0.29, 0.717) is 38.7 Å². The van der Waals surface area contributed by atoms with Gasteiger partial charge in [-0.25, -0.2) is 4.39 Å². The predicted molar refractivity (Wildman–Crippen MR) is 143 cm³/mol. The first-order valence-electron chi connectivity index (χ1n) is 12.8. The van der Waals surface area contributed by atoms with E-state index in [2.05, 4.69) is 30.5 Å². The zero-order chi connectivity index (χ0) is 26.6. The van der Waals surface area contributed by atoms with Crippen molar-refractivity contribution in [2.45, 2.75) is 39.8 Å². The van der Waals surface area contributed by atoms with Crippen LogP contribution in [0.1, 0.15) is 37.1 Å². The molecule has 0 N–H and O–H groups in total. The Kier molecular flexibility index (Phi) is 10.9. The Balaban J connectivity index is 1.72.